The van der Waals surface area contributed by atoms with Gasteiger partial charge >= 0.3 is 5.91 Å². The average Bonchev–Trinajstić information content (AvgIpc) is 3.45. The molecule has 1 aliphatic heterocycles. The van der Waals surface area contributed by atoms with Gasteiger partial charge in [-0.25, -0.2) is 4.98 Å². The van der Waals surface area contributed by atoms with Crippen LogP contribution in [0.4, 0.5) is 5.13 Å². The minimum atomic E-state index is -0.874. The normalized spacial score (nSPS) is 16.8. The third-order valence-corrected chi connectivity index (χ3v) is 6.94. The number of hydrogen-bond donors (Lipinski definition) is 1. The van der Waals surface area contributed by atoms with E-state index in [1.54, 1.807) is 54.6 Å². The molecule has 5 rings (SSSR count). The lowest BCUT2D eigenvalue weighted by Crippen LogP contribution is -2.29. The Labute approximate surface area is 217 Å². The minimum absolute atomic E-state index is 0.00483. The molecule has 0 radical (unpaired) electrons. The molecule has 1 aromatic heterocycles. The Morgan fingerprint density at radius 2 is 1.78 bits per heavy atom. The summed E-state index contributed by atoms with van der Waals surface area (Å²) in [5.74, 6) is -0.445. The number of aliphatic hydroxyl groups is 1. The number of fused-ring (bicyclic) bond motifs is 1. The first-order valence-corrected chi connectivity index (χ1v) is 12.6. The zero-order chi connectivity index (χ0) is 25.9. The summed E-state index contributed by atoms with van der Waals surface area (Å²) in [6.07, 6.45) is 1.65. The number of ketones is 1. The maximum atomic E-state index is 13.4. The van der Waals surface area contributed by atoms with Crippen LogP contribution in [0.15, 0.2) is 91.0 Å². The number of Topliss-reactive ketones (excluding diaryl/α,β-unsaturated/α-hetero) is 1. The van der Waals surface area contributed by atoms with Crippen LogP contribution < -0.4 is 14.4 Å². The number of carbonyl (C=O) groups is 2. The van der Waals surface area contributed by atoms with Gasteiger partial charge in [0.2, 0.25) is 0 Å². The molecule has 1 aliphatic rings. The Morgan fingerprint density at radius 1 is 1.05 bits per heavy atom. The molecular weight excluding hydrogens is 488 g/mol. The molecule has 7 nitrogen and oxygen atoms in total. The van der Waals surface area contributed by atoms with E-state index < -0.39 is 17.7 Å². The molecule has 1 amide bonds. The number of hydrogen-bond acceptors (Lipinski definition) is 7. The van der Waals surface area contributed by atoms with Crippen LogP contribution in [0.2, 0.25) is 0 Å². The molecule has 1 N–H and O–H groups in total. The fourth-order valence-corrected chi connectivity index (χ4v) is 5.27. The van der Waals surface area contributed by atoms with Gasteiger partial charge in [0.15, 0.2) is 5.13 Å². The van der Waals surface area contributed by atoms with Crippen molar-refractivity contribution in [2.45, 2.75) is 13.0 Å². The highest BCUT2D eigenvalue weighted by atomic mass is 32.1. The van der Waals surface area contributed by atoms with Crippen LogP contribution in [0.1, 0.15) is 24.1 Å². The first-order chi connectivity index (χ1) is 18.0. The maximum Gasteiger partial charge on any atom is 0.301 e. The molecule has 37 heavy (non-hydrogen) atoms. The quantitative estimate of drug-likeness (QED) is 0.137. The van der Waals surface area contributed by atoms with E-state index in [9.17, 15) is 14.7 Å². The van der Waals surface area contributed by atoms with Crippen molar-refractivity contribution in [2.24, 2.45) is 0 Å². The fourth-order valence-electron chi connectivity index (χ4n) is 4.25. The number of aliphatic hydroxyl groups excluding tert-OH is 1. The Morgan fingerprint density at radius 3 is 2.49 bits per heavy atom. The van der Waals surface area contributed by atoms with Gasteiger partial charge < -0.3 is 14.6 Å². The summed E-state index contributed by atoms with van der Waals surface area (Å²) in [5, 5.41) is 11.6. The Bertz CT molecular complexity index is 1510. The minimum Gasteiger partial charge on any atom is -0.507 e. The summed E-state index contributed by atoms with van der Waals surface area (Å²) in [7, 11) is 0. The molecule has 4 aromatic rings. The highest BCUT2D eigenvalue weighted by Crippen LogP contribution is 2.44. The predicted molar refractivity (Wildman–Crippen MR) is 144 cm³/mol. The van der Waals surface area contributed by atoms with Crippen molar-refractivity contribution in [3.8, 4) is 11.5 Å². The predicted octanol–water partition coefficient (Wildman–Crippen LogP) is 5.89. The summed E-state index contributed by atoms with van der Waals surface area (Å²) in [6.45, 7) is 6.43. The van der Waals surface area contributed by atoms with E-state index in [1.165, 1.54) is 16.2 Å². The van der Waals surface area contributed by atoms with E-state index in [4.69, 9.17) is 9.47 Å². The zero-order valence-electron chi connectivity index (χ0n) is 20.1. The van der Waals surface area contributed by atoms with Crippen LogP contribution in [0.3, 0.4) is 0 Å². The van der Waals surface area contributed by atoms with Crippen molar-refractivity contribution in [3.05, 3.63) is 102 Å². The summed E-state index contributed by atoms with van der Waals surface area (Å²) >= 11 is 1.28. The first-order valence-electron chi connectivity index (χ1n) is 11.7. The van der Waals surface area contributed by atoms with Crippen molar-refractivity contribution in [1.82, 2.24) is 4.98 Å². The van der Waals surface area contributed by atoms with Crippen molar-refractivity contribution in [1.29, 1.82) is 0 Å². The second-order valence-corrected chi connectivity index (χ2v) is 9.27. The lowest BCUT2D eigenvalue weighted by molar-refractivity contribution is -0.132. The Kier molecular flexibility index (Phi) is 6.74. The molecule has 1 unspecified atom stereocenters. The topological polar surface area (TPSA) is 89.0 Å². The van der Waals surface area contributed by atoms with E-state index in [2.05, 4.69) is 11.6 Å². The van der Waals surface area contributed by atoms with Crippen LogP contribution in [0.5, 0.6) is 11.5 Å². The summed E-state index contributed by atoms with van der Waals surface area (Å²) in [4.78, 5) is 32.8. The first kappa shape index (κ1) is 24.3. The highest BCUT2D eigenvalue weighted by Gasteiger charge is 2.48. The van der Waals surface area contributed by atoms with E-state index in [0.717, 1.165) is 4.70 Å². The van der Waals surface area contributed by atoms with Crippen molar-refractivity contribution in [2.75, 3.05) is 18.1 Å². The largest absolute Gasteiger partial charge is 0.507 e. The van der Waals surface area contributed by atoms with Gasteiger partial charge in [-0.1, -0.05) is 66.5 Å². The van der Waals surface area contributed by atoms with Gasteiger partial charge in [-0.3, -0.25) is 14.5 Å². The lowest BCUT2D eigenvalue weighted by atomic mass is 9.95. The molecular formula is C29H24N2O5S. The van der Waals surface area contributed by atoms with E-state index in [0.29, 0.717) is 46.5 Å². The SMILES string of the molecule is C=CCOc1ccc(C2C(=C(O)c3ccccc3)C(=O)C(=O)N2c2nc3ccc(OCC)cc3s2)cc1. The molecule has 0 aliphatic carbocycles. The van der Waals surface area contributed by atoms with Gasteiger partial charge in [-0.05, 0) is 42.8 Å². The number of benzene rings is 3. The molecule has 8 heteroatoms. The van der Waals surface area contributed by atoms with Crippen LogP contribution in [0.25, 0.3) is 16.0 Å². The average molecular weight is 513 g/mol. The van der Waals surface area contributed by atoms with Crippen molar-refractivity contribution < 1.29 is 24.2 Å². The van der Waals surface area contributed by atoms with Gasteiger partial charge in [0, 0.05) is 5.56 Å². The number of thiazole rings is 1. The van der Waals surface area contributed by atoms with Crippen LogP contribution in [0, 0.1) is 0 Å². The third-order valence-electron chi connectivity index (χ3n) is 5.92. The maximum absolute atomic E-state index is 13.4. The number of rotatable bonds is 8. The lowest BCUT2D eigenvalue weighted by Gasteiger charge is -2.23. The van der Waals surface area contributed by atoms with Gasteiger partial charge in [0.25, 0.3) is 5.78 Å². The number of nitrogens with zero attached hydrogens (tertiary/aromatic N) is 2. The molecule has 3 aromatic carbocycles. The monoisotopic (exact) mass is 512 g/mol. The zero-order valence-corrected chi connectivity index (χ0v) is 20.9. The van der Waals surface area contributed by atoms with E-state index in [-0.39, 0.29) is 11.3 Å². The number of amides is 1. The standard InChI is InChI=1S/C29H24N2O5S/c1-3-16-36-20-12-10-18(11-13-20)25-24(26(32)19-8-6-5-7-9-19)27(33)28(34)31(25)29-30-22-15-14-21(35-4-2)17-23(22)37-29/h3,5-15,17,25,32H,1,4,16H2,2H3. The second-order valence-electron chi connectivity index (χ2n) is 8.26. The van der Waals surface area contributed by atoms with Gasteiger partial charge in [-0.2, -0.15) is 0 Å². The molecule has 186 valence electrons. The number of anilines is 1. The molecule has 1 atom stereocenters. The van der Waals surface area contributed by atoms with Crippen LogP contribution in [-0.4, -0.2) is 35.0 Å². The number of carbonyl (C=O) groups excluding carboxylic acids is 2. The Balaban J connectivity index is 1.65. The summed E-state index contributed by atoms with van der Waals surface area (Å²) < 4.78 is 12.0. The van der Waals surface area contributed by atoms with E-state index in [1.807, 2.05) is 31.2 Å². The third kappa shape index (κ3) is 4.59. The fraction of sp³-hybridized carbons (Fsp3) is 0.138. The highest BCUT2D eigenvalue weighted by molar-refractivity contribution is 7.22. The van der Waals surface area contributed by atoms with Crippen molar-refractivity contribution >= 4 is 44.1 Å². The van der Waals surface area contributed by atoms with Gasteiger partial charge in [0.05, 0.1) is 28.4 Å². The molecule has 2 heterocycles. The summed E-state index contributed by atoms with van der Waals surface area (Å²) in [5.41, 5.74) is 1.77. The van der Waals surface area contributed by atoms with Crippen LogP contribution >= 0.6 is 11.3 Å². The molecule has 0 spiro atoms. The molecule has 1 saturated heterocycles. The molecule has 0 bridgehead atoms. The second kappa shape index (κ2) is 10.3. The Hall–Kier alpha value is -4.43. The number of ether oxygens (including phenoxy) is 2. The smallest absolute Gasteiger partial charge is 0.301 e. The summed E-state index contributed by atoms with van der Waals surface area (Å²) in [6, 6.07) is 20.4. The van der Waals surface area contributed by atoms with Gasteiger partial charge in [-0.15, -0.1) is 0 Å². The van der Waals surface area contributed by atoms with Gasteiger partial charge in [0.1, 0.15) is 23.9 Å². The van der Waals surface area contributed by atoms with E-state index >= 15 is 0 Å². The van der Waals surface area contributed by atoms with Crippen LogP contribution in [-0.2, 0) is 9.59 Å². The number of aromatic nitrogens is 1. The molecule has 1 fully saturated rings. The molecule has 0 saturated carbocycles. The van der Waals surface area contributed by atoms with Crippen molar-refractivity contribution in [3.63, 3.8) is 0 Å².